The van der Waals surface area contributed by atoms with Crippen LogP contribution in [0.5, 0.6) is 0 Å². The molecular formula is C17H24N2O2. The van der Waals surface area contributed by atoms with Gasteiger partial charge in [-0.3, -0.25) is 9.59 Å². The zero-order chi connectivity index (χ0) is 15.4. The van der Waals surface area contributed by atoms with Crippen molar-refractivity contribution in [1.29, 1.82) is 0 Å². The maximum absolute atomic E-state index is 12.4. The fourth-order valence-electron chi connectivity index (χ4n) is 2.91. The highest BCUT2D eigenvalue weighted by Gasteiger charge is 2.38. The zero-order valence-electron chi connectivity index (χ0n) is 13.1. The maximum Gasteiger partial charge on any atom is 0.225 e. The molecule has 0 saturated carbocycles. The van der Waals surface area contributed by atoms with Gasteiger partial charge in [0.25, 0.3) is 0 Å². The largest absolute Gasteiger partial charge is 0.356 e. The number of aryl methyl sites for hydroxylation is 1. The Balaban J connectivity index is 2.26. The zero-order valence-corrected chi connectivity index (χ0v) is 13.1. The summed E-state index contributed by atoms with van der Waals surface area (Å²) in [5.74, 6) is 0.00356. The van der Waals surface area contributed by atoms with E-state index >= 15 is 0 Å². The average Bonchev–Trinajstić information content (AvgIpc) is 2.48. The van der Waals surface area contributed by atoms with Crippen molar-refractivity contribution in [3.05, 3.63) is 35.4 Å². The number of nitrogens with one attached hydrogen (secondary N) is 1. The van der Waals surface area contributed by atoms with Gasteiger partial charge in [0.2, 0.25) is 11.8 Å². The van der Waals surface area contributed by atoms with Crippen LogP contribution in [-0.2, 0) is 9.59 Å². The summed E-state index contributed by atoms with van der Waals surface area (Å²) in [6.07, 6.45) is 1.99. The Morgan fingerprint density at radius 1 is 1.33 bits per heavy atom. The smallest absolute Gasteiger partial charge is 0.225 e. The van der Waals surface area contributed by atoms with E-state index in [1.165, 1.54) is 5.56 Å². The highest BCUT2D eigenvalue weighted by atomic mass is 16.2. The number of amides is 2. The van der Waals surface area contributed by atoms with Crippen molar-refractivity contribution in [1.82, 2.24) is 10.2 Å². The Kier molecular flexibility index (Phi) is 4.99. The summed E-state index contributed by atoms with van der Waals surface area (Å²) in [5.41, 5.74) is 2.21. The molecule has 0 spiro atoms. The van der Waals surface area contributed by atoms with E-state index in [9.17, 15) is 9.59 Å². The second kappa shape index (κ2) is 6.74. The predicted molar refractivity (Wildman–Crippen MR) is 82.7 cm³/mol. The van der Waals surface area contributed by atoms with Crippen molar-refractivity contribution in [3.63, 3.8) is 0 Å². The minimum Gasteiger partial charge on any atom is -0.356 e. The van der Waals surface area contributed by atoms with Gasteiger partial charge in [-0.2, -0.15) is 0 Å². The molecule has 2 atom stereocenters. The summed E-state index contributed by atoms with van der Waals surface area (Å²) in [6.45, 7) is 4.76. The van der Waals surface area contributed by atoms with Gasteiger partial charge >= 0.3 is 0 Å². The quantitative estimate of drug-likeness (QED) is 0.925. The number of likely N-dealkylation sites (tertiary alicyclic amines) is 1. The topological polar surface area (TPSA) is 49.4 Å². The van der Waals surface area contributed by atoms with Gasteiger partial charge < -0.3 is 10.2 Å². The van der Waals surface area contributed by atoms with E-state index in [4.69, 9.17) is 0 Å². The molecule has 0 aliphatic carbocycles. The van der Waals surface area contributed by atoms with Crippen molar-refractivity contribution in [3.8, 4) is 0 Å². The SMILES string of the molecule is CCCNC(=O)[C@@H]1CCC(=O)N(C)[C@H]1c1ccc(C)cc1. The van der Waals surface area contributed by atoms with Crippen LogP contribution in [0.1, 0.15) is 43.4 Å². The second-order valence-electron chi connectivity index (χ2n) is 5.80. The molecule has 1 fully saturated rings. The van der Waals surface area contributed by atoms with Gasteiger partial charge in [-0.15, -0.1) is 0 Å². The Bertz CT molecular complexity index is 510. The maximum atomic E-state index is 12.4. The van der Waals surface area contributed by atoms with Gasteiger partial charge in [0.05, 0.1) is 12.0 Å². The monoisotopic (exact) mass is 288 g/mol. The third-order valence-electron chi connectivity index (χ3n) is 4.17. The second-order valence-corrected chi connectivity index (χ2v) is 5.80. The number of hydrogen-bond acceptors (Lipinski definition) is 2. The molecule has 2 amide bonds. The normalized spacial score (nSPS) is 22.2. The molecule has 1 aliphatic heterocycles. The first kappa shape index (κ1) is 15.5. The number of nitrogens with zero attached hydrogens (tertiary/aromatic N) is 1. The Morgan fingerprint density at radius 2 is 2.00 bits per heavy atom. The summed E-state index contributed by atoms with van der Waals surface area (Å²) in [4.78, 5) is 26.2. The van der Waals surface area contributed by atoms with E-state index in [1.807, 2.05) is 38.1 Å². The van der Waals surface area contributed by atoms with E-state index in [0.29, 0.717) is 19.4 Å². The summed E-state index contributed by atoms with van der Waals surface area (Å²) in [6, 6.07) is 7.94. The Hall–Kier alpha value is -1.84. The van der Waals surface area contributed by atoms with Gasteiger partial charge in [-0.1, -0.05) is 36.8 Å². The number of carbonyl (C=O) groups excluding carboxylic acids is 2. The van der Waals surface area contributed by atoms with E-state index in [2.05, 4.69) is 5.32 Å². The van der Waals surface area contributed by atoms with Gasteiger partial charge in [-0.05, 0) is 25.3 Å². The minimum absolute atomic E-state index is 0.0572. The molecule has 0 aromatic heterocycles. The molecule has 4 heteroatoms. The van der Waals surface area contributed by atoms with Gasteiger partial charge in [0.15, 0.2) is 0 Å². The van der Waals surface area contributed by atoms with Crippen molar-refractivity contribution in [2.75, 3.05) is 13.6 Å². The number of rotatable bonds is 4. The summed E-state index contributed by atoms with van der Waals surface area (Å²) >= 11 is 0. The van der Waals surface area contributed by atoms with Crippen LogP contribution in [0.4, 0.5) is 0 Å². The lowest BCUT2D eigenvalue weighted by molar-refractivity contribution is -0.141. The van der Waals surface area contributed by atoms with Crippen LogP contribution in [0.25, 0.3) is 0 Å². The number of benzene rings is 1. The fraction of sp³-hybridized carbons (Fsp3) is 0.529. The summed E-state index contributed by atoms with van der Waals surface area (Å²) in [5, 5.41) is 2.97. The van der Waals surface area contributed by atoms with E-state index < -0.39 is 0 Å². The van der Waals surface area contributed by atoms with Crippen LogP contribution in [0.3, 0.4) is 0 Å². The first-order chi connectivity index (χ1) is 10.0. The third kappa shape index (κ3) is 3.43. The molecule has 21 heavy (non-hydrogen) atoms. The predicted octanol–water partition coefficient (Wildman–Crippen LogP) is 2.43. The van der Waals surface area contributed by atoms with E-state index in [1.54, 1.807) is 11.9 Å². The molecule has 0 radical (unpaired) electrons. The number of carbonyl (C=O) groups is 2. The average molecular weight is 288 g/mol. The van der Waals surface area contributed by atoms with Crippen LogP contribution in [0.15, 0.2) is 24.3 Å². The minimum atomic E-state index is -0.165. The van der Waals surface area contributed by atoms with Gasteiger partial charge in [-0.25, -0.2) is 0 Å². The lowest BCUT2D eigenvalue weighted by atomic mass is 9.83. The van der Waals surface area contributed by atoms with Crippen LogP contribution >= 0.6 is 0 Å². The summed E-state index contributed by atoms with van der Waals surface area (Å²) in [7, 11) is 1.80. The molecule has 1 heterocycles. The highest BCUT2D eigenvalue weighted by molar-refractivity contribution is 5.84. The lowest BCUT2D eigenvalue weighted by Crippen LogP contribution is -2.46. The molecule has 4 nitrogen and oxygen atoms in total. The standard InChI is InChI=1S/C17H24N2O2/c1-4-11-18-17(21)14-9-10-15(20)19(3)16(14)13-7-5-12(2)6-8-13/h5-8,14,16H,4,9-11H2,1-3H3,(H,18,21)/t14-,16+/m1/s1. The van der Waals surface area contributed by atoms with Gasteiger partial charge in [0, 0.05) is 20.0 Å². The molecule has 2 rings (SSSR count). The molecular weight excluding hydrogens is 264 g/mol. The molecule has 1 aromatic carbocycles. The van der Waals surface area contributed by atoms with Crippen LogP contribution in [-0.4, -0.2) is 30.3 Å². The fourth-order valence-corrected chi connectivity index (χ4v) is 2.91. The molecule has 1 N–H and O–H groups in total. The summed E-state index contributed by atoms with van der Waals surface area (Å²) < 4.78 is 0. The van der Waals surface area contributed by atoms with Crippen molar-refractivity contribution >= 4 is 11.8 Å². The van der Waals surface area contributed by atoms with E-state index in [0.717, 1.165) is 12.0 Å². The van der Waals surface area contributed by atoms with Crippen molar-refractivity contribution in [2.45, 2.75) is 39.2 Å². The molecule has 1 saturated heterocycles. The number of piperidine rings is 1. The Labute approximate surface area is 126 Å². The van der Waals surface area contributed by atoms with Crippen LogP contribution in [0.2, 0.25) is 0 Å². The number of hydrogen-bond donors (Lipinski definition) is 1. The molecule has 0 unspecified atom stereocenters. The highest BCUT2D eigenvalue weighted by Crippen LogP contribution is 2.35. The first-order valence-electron chi connectivity index (χ1n) is 7.64. The molecule has 1 aliphatic rings. The molecule has 1 aromatic rings. The van der Waals surface area contributed by atoms with Gasteiger partial charge in [0.1, 0.15) is 0 Å². The third-order valence-corrected chi connectivity index (χ3v) is 4.17. The Morgan fingerprint density at radius 3 is 2.62 bits per heavy atom. The van der Waals surface area contributed by atoms with Crippen LogP contribution in [0, 0.1) is 12.8 Å². The first-order valence-corrected chi connectivity index (χ1v) is 7.64. The molecule has 0 bridgehead atoms. The lowest BCUT2D eigenvalue weighted by Gasteiger charge is -2.38. The molecule has 114 valence electrons. The van der Waals surface area contributed by atoms with Crippen molar-refractivity contribution < 1.29 is 9.59 Å². The van der Waals surface area contributed by atoms with Crippen LogP contribution < -0.4 is 5.32 Å². The van der Waals surface area contributed by atoms with Crippen molar-refractivity contribution in [2.24, 2.45) is 5.92 Å². The van der Waals surface area contributed by atoms with E-state index in [-0.39, 0.29) is 23.8 Å².